The molecule has 0 radical (unpaired) electrons. The average molecular weight is 226 g/mol. The summed E-state index contributed by atoms with van der Waals surface area (Å²) in [5.41, 5.74) is 0.634. The molecule has 0 bridgehead atoms. The fourth-order valence-electron chi connectivity index (χ4n) is 1.32. The quantitative estimate of drug-likeness (QED) is 0.785. The van der Waals surface area contributed by atoms with Gasteiger partial charge in [0.05, 0.1) is 5.56 Å². The topological polar surface area (TPSA) is 54.9 Å². The summed E-state index contributed by atoms with van der Waals surface area (Å²) >= 11 is 5.81. The lowest BCUT2D eigenvalue weighted by Gasteiger charge is -2.11. The normalized spacial score (nSPS) is 17.1. The first-order valence-corrected chi connectivity index (χ1v) is 5.38. The van der Waals surface area contributed by atoms with Gasteiger partial charge in [-0.3, -0.25) is 4.79 Å². The molecule has 1 fully saturated rings. The van der Waals surface area contributed by atoms with Crippen LogP contribution in [0.1, 0.15) is 23.2 Å². The number of hydrogen-bond donors (Lipinski definition) is 1. The second-order valence-corrected chi connectivity index (χ2v) is 4.21. The minimum absolute atomic E-state index is 0.132. The number of nitrogens with one attached hydrogen (secondary N) is 1. The van der Waals surface area contributed by atoms with Crippen molar-refractivity contribution in [2.24, 2.45) is 5.41 Å². The number of aromatic nitrogens is 2. The predicted molar refractivity (Wildman–Crippen MR) is 56.8 cm³/mol. The largest absolute Gasteiger partial charge is 0.351 e. The predicted octanol–water partition coefficient (Wildman–Crippen LogP) is 1.23. The van der Waals surface area contributed by atoms with Gasteiger partial charge in [-0.25, -0.2) is 9.97 Å². The molecule has 2 rings (SSSR count). The number of halogens is 1. The maximum atomic E-state index is 11.6. The standard InChI is InChI=1S/C10H12ClN3O/c11-5-10(1-2-10)6-14-9(15)8-3-12-7-13-4-8/h3-4,7H,1-2,5-6H2,(H,14,15). The third-order valence-corrected chi connectivity index (χ3v) is 3.25. The highest BCUT2D eigenvalue weighted by Gasteiger charge is 2.41. The fourth-order valence-corrected chi connectivity index (χ4v) is 1.68. The average Bonchev–Trinajstić information content (AvgIpc) is 3.08. The zero-order chi connectivity index (χ0) is 10.7. The van der Waals surface area contributed by atoms with E-state index in [9.17, 15) is 4.79 Å². The lowest BCUT2D eigenvalue weighted by atomic mass is 10.1. The number of hydrogen-bond acceptors (Lipinski definition) is 3. The first-order valence-electron chi connectivity index (χ1n) is 4.85. The van der Waals surface area contributed by atoms with Crippen LogP contribution in [0.15, 0.2) is 18.7 Å². The van der Waals surface area contributed by atoms with E-state index in [1.54, 1.807) is 0 Å². The smallest absolute Gasteiger partial charge is 0.254 e. The monoisotopic (exact) mass is 225 g/mol. The Hall–Kier alpha value is -1.16. The summed E-state index contributed by atoms with van der Waals surface area (Å²) in [6.45, 7) is 0.643. The molecule has 5 heteroatoms. The molecule has 15 heavy (non-hydrogen) atoms. The summed E-state index contributed by atoms with van der Waals surface area (Å²) in [5, 5.41) is 2.85. The van der Waals surface area contributed by atoms with Crippen molar-refractivity contribution in [3.8, 4) is 0 Å². The molecule has 0 aromatic carbocycles. The summed E-state index contributed by atoms with van der Waals surface area (Å²) in [6.07, 6.45) is 6.60. The van der Waals surface area contributed by atoms with Gasteiger partial charge in [0.2, 0.25) is 0 Å². The van der Waals surface area contributed by atoms with Crippen molar-refractivity contribution >= 4 is 17.5 Å². The van der Waals surface area contributed by atoms with Crippen molar-refractivity contribution in [1.82, 2.24) is 15.3 Å². The Labute approximate surface area is 93.1 Å². The lowest BCUT2D eigenvalue weighted by molar-refractivity contribution is 0.0945. The number of alkyl halides is 1. The van der Waals surface area contributed by atoms with Crippen LogP contribution < -0.4 is 5.32 Å². The molecule has 80 valence electrons. The summed E-state index contributed by atoms with van der Waals surface area (Å²) in [7, 11) is 0. The summed E-state index contributed by atoms with van der Waals surface area (Å²) in [4.78, 5) is 19.2. The van der Waals surface area contributed by atoms with Crippen LogP contribution in [-0.4, -0.2) is 28.3 Å². The van der Waals surface area contributed by atoms with Gasteiger partial charge in [-0.2, -0.15) is 0 Å². The molecule has 4 nitrogen and oxygen atoms in total. The minimum atomic E-state index is -0.132. The summed E-state index contributed by atoms with van der Waals surface area (Å²) in [6, 6.07) is 0. The van der Waals surface area contributed by atoms with E-state index in [1.807, 2.05) is 0 Å². The van der Waals surface area contributed by atoms with Crippen LogP contribution >= 0.6 is 11.6 Å². The van der Waals surface area contributed by atoms with Gasteiger partial charge in [-0.05, 0) is 12.8 Å². The Morgan fingerprint density at radius 3 is 2.67 bits per heavy atom. The molecule has 0 aliphatic heterocycles. The van der Waals surface area contributed by atoms with Crippen LogP contribution in [0.25, 0.3) is 0 Å². The first-order chi connectivity index (χ1) is 7.26. The number of carbonyl (C=O) groups is 1. The van der Waals surface area contributed by atoms with Gasteiger partial charge in [-0.15, -0.1) is 11.6 Å². The van der Waals surface area contributed by atoms with Crippen molar-refractivity contribution in [2.75, 3.05) is 12.4 Å². The molecule has 1 aliphatic carbocycles. The maximum absolute atomic E-state index is 11.6. The Bertz CT molecular complexity index is 351. The highest BCUT2D eigenvalue weighted by atomic mass is 35.5. The lowest BCUT2D eigenvalue weighted by Crippen LogP contribution is -2.31. The van der Waals surface area contributed by atoms with Gasteiger partial charge in [0.25, 0.3) is 5.91 Å². The van der Waals surface area contributed by atoms with Crippen LogP contribution in [0.5, 0.6) is 0 Å². The Kier molecular flexibility index (Phi) is 2.86. The number of nitrogens with zero attached hydrogens (tertiary/aromatic N) is 2. The Morgan fingerprint density at radius 1 is 1.47 bits per heavy atom. The van der Waals surface area contributed by atoms with Crippen LogP contribution in [0.2, 0.25) is 0 Å². The van der Waals surface area contributed by atoms with Crippen LogP contribution in [0.4, 0.5) is 0 Å². The minimum Gasteiger partial charge on any atom is -0.351 e. The molecular weight excluding hydrogens is 214 g/mol. The van der Waals surface area contributed by atoms with E-state index in [2.05, 4.69) is 15.3 Å². The van der Waals surface area contributed by atoms with Gasteiger partial charge < -0.3 is 5.32 Å². The van der Waals surface area contributed by atoms with Crippen molar-refractivity contribution in [1.29, 1.82) is 0 Å². The molecule has 1 aromatic heterocycles. The van der Waals surface area contributed by atoms with Gasteiger partial charge in [0.15, 0.2) is 0 Å². The number of amides is 1. The van der Waals surface area contributed by atoms with Crippen molar-refractivity contribution in [2.45, 2.75) is 12.8 Å². The zero-order valence-corrected chi connectivity index (χ0v) is 9.00. The van der Waals surface area contributed by atoms with Gasteiger partial charge in [0.1, 0.15) is 6.33 Å². The van der Waals surface area contributed by atoms with Gasteiger partial charge >= 0.3 is 0 Å². The van der Waals surface area contributed by atoms with Gasteiger partial charge in [0, 0.05) is 30.2 Å². The van der Waals surface area contributed by atoms with Crippen LogP contribution in [0.3, 0.4) is 0 Å². The summed E-state index contributed by atoms with van der Waals surface area (Å²) in [5.74, 6) is 0.477. The molecule has 1 saturated carbocycles. The molecule has 0 atom stereocenters. The van der Waals surface area contributed by atoms with E-state index in [0.717, 1.165) is 12.8 Å². The van der Waals surface area contributed by atoms with E-state index in [4.69, 9.17) is 11.6 Å². The highest BCUT2D eigenvalue weighted by molar-refractivity contribution is 6.18. The van der Waals surface area contributed by atoms with Gasteiger partial charge in [-0.1, -0.05) is 0 Å². The first kappa shape index (κ1) is 10.4. The van der Waals surface area contributed by atoms with Crippen molar-refractivity contribution in [3.63, 3.8) is 0 Å². The maximum Gasteiger partial charge on any atom is 0.254 e. The van der Waals surface area contributed by atoms with Crippen molar-refractivity contribution < 1.29 is 4.79 Å². The molecule has 1 amide bonds. The zero-order valence-electron chi connectivity index (χ0n) is 8.24. The second-order valence-electron chi connectivity index (χ2n) is 3.94. The van der Waals surface area contributed by atoms with E-state index >= 15 is 0 Å². The fraction of sp³-hybridized carbons (Fsp3) is 0.500. The molecule has 1 aliphatic rings. The molecule has 0 unspecified atom stereocenters. The second kappa shape index (κ2) is 4.14. The Balaban J connectivity index is 1.88. The van der Waals surface area contributed by atoms with Crippen LogP contribution in [0, 0.1) is 5.41 Å². The molecule has 0 saturated heterocycles. The molecule has 1 aromatic rings. The van der Waals surface area contributed by atoms with Crippen LogP contribution in [-0.2, 0) is 0 Å². The SMILES string of the molecule is O=C(NCC1(CCl)CC1)c1cncnc1. The van der Waals surface area contributed by atoms with Crippen molar-refractivity contribution in [3.05, 3.63) is 24.3 Å². The van der Waals surface area contributed by atoms with E-state index in [-0.39, 0.29) is 11.3 Å². The third kappa shape index (κ3) is 2.45. The van der Waals surface area contributed by atoms with E-state index in [0.29, 0.717) is 18.0 Å². The number of rotatable bonds is 4. The molecule has 1 heterocycles. The summed E-state index contributed by atoms with van der Waals surface area (Å²) < 4.78 is 0. The van der Waals surface area contributed by atoms with E-state index in [1.165, 1.54) is 18.7 Å². The molecule has 0 spiro atoms. The molecular formula is C10H12ClN3O. The Morgan fingerprint density at radius 2 is 2.13 bits per heavy atom. The highest BCUT2D eigenvalue weighted by Crippen LogP contribution is 2.45. The number of carbonyl (C=O) groups excluding carboxylic acids is 1. The third-order valence-electron chi connectivity index (χ3n) is 2.69. The van der Waals surface area contributed by atoms with E-state index < -0.39 is 0 Å². The molecule has 1 N–H and O–H groups in total.